The van der Waals surface area contributed by atoms with Crippen LogP contribution >= 0.6 is 0 Å². The third-order valence-electron chi connectivity index (χ3n) is 6.73. The number of likely N-dealkylation sites (tertiary alicyclic amines) is 1. The topological polar surface area (TPSA) is 91.3 Å². The van der Waals surface area contributed by atoms with Gasteiger partial charge in [0.05, 0.1) is 25.4 Å². The van der Waals surface area contributed by atoms with Crippen LogP contribution in [0, 0.1) is 5.92 Å². The number of ether oxygens (including phenoxy) is 2. The van der Waals surface area contributed by atoms with Crippen molar-refractivity contribution in [2.75, 3.05) is 25.0 Å². The second kappa shape index (κ2) is 10.8. The SMILES string of the molecule is CC(=O)Nc1cccc(C2OC(CN3CCCC3CO)C(C)C(c3ccc(CO)cc3)O2)c1. The predicted molar refractivity (Wildman–Crippen MR) is 125 cm³/mol. The van der Waals surface area contributed by atoms with Crippen molar-refractivity contribution in [1.82, 2.24) is 4.90 Å². The molecule has 7 heteroatoms. The molecule has 0 aromatic heterocycles. The standard InChI is InChI=1S/C26H34N2O5/c1-17-24(14-28-12-4-7-23(28)16-30)32-26(21-5-3-6-22(13-21)27-18(2)31)33-25(17)20-10-8-19(15-29)9-11-20/h3,5-6,8-11,13,17,23-26,29-30H,4,7,12,14-16H2,1-2H3,(H,27,31). The Hall–Kier alpha value is -2.29. The molecule has 0 spiro atoms. The highest BCUT2D eigenvalue weighted by Crippen LogP contribution is 2.42. The van der Waals surface area contributed by atoms with Crippen LogP contribution in [0.25, 0.3) is 0 Å². The van der Waals surface area contributed by atoms with Gasteiger partial charge in [-0.25, -0.2) is 0 Å². The Labute approximate surface area is 195 Å². The van der Waals surface area contributed by atoms with Crippen LogP contribution in [0.15, 0.2) is 48.5 Å². The van der Waals surface area contributed by atoms with E-state index in [0.29, 0.717) is 5.69 Å². The first kappa shape index (κ1) is 23.9. The molecule has 2 aromatic carbocycles. The summed E-state index contributed by atoms with van der Waals surface area (Å²) in [6.45, 7) is 5.47. The average molecular weight is 455 g/mol. The molecule has 0 aliphatic carbocycles. The monoisotopic (exact) mass is 454 g/mol. The van der Waals surface area contributed by atoms with E-state index in [4.69, 9.17) is 9.47 Å². The van der Waals surface area contributed by atoms with Gasteiger partial charge in [0.25, 0.3) is 0 Å². The normalized spacial score (nSPS) is 28.1. The fraction of sp³-hybridized carbons (Fsp3) is 0.500. The van der Waals surface area contributed by atoms with Gasteiger partial charge in [0.1, 0.15) is 0 Å². The van der Waals surface area contributed by atoms with Crippen molar-refractivity contribution >= 4 is 11.6 Å². The lowest BCUT2D eigenvalue weighted by molar-refractivity contribution is -0.276. The van der Waals surface area contributed by atoms with Gasteiger partial charge in [-0.2, -0.15) is 0 Å². The van der Waals surface area contributed by atoms with Gasteiger partial charge in [-0.15, -0.1) is 0 Å². The second-order valence-corrected chi connectivity index (χ2v) is 9.10. The summed E-state index contributed by atoms with van der Waals surface area (Å²) in [5, 5.41) is 22.0. The molecule has 2 aromatic rings. The minimum Gasteiger partial charge on any atom is -0.395 e. The average Bonchev–Trinajstić information content (AvgIpc) is 3.27. The number of nitrogens with zero attached hydrogens (tertiary/aromatic N) is 1. The van der Waals surface area contributed by atoms with E-state index in [0.717, 1.165) is 42.6 Å². The Bertz CT molecular complexity index is 935. The van der Waals surface area contributed by atoms with Crippen LogP contribution in [0.3, 0.4) is 0 Å². The van der Waals surface area contributed by atoms with Gasteiger partial charge in [0, 0.05) is 36.7 Å². The van der Waals surface area contributed by atoms with Crippen LogP contribution in [-0.2, 0) is 20.9 Å². The van der Waals surface area contributed by atoms with Gasteiger partial charge in [-0.1, -0.05) is 43.3 Å². The fourth-order valence-corrected chi connectivity index (χ4v) is 4.87. The van der Waals surface area contributed by atoms with E-state index in [1.54, 1.807) is 0 Å². The molecular formula is C26H34N2O5. The molecule has 2 heterocycles. The van der Waals surface area contributed by atoms with Crippen LogP contribution in [0.1, 0.15) is 55.8 Å². The van der Waals surface area contributed by atoms with Crippen molar-refractivity contribution in [3.05, 3.63) is 65.2 Å². The number of hydrogen-bond acceptors (Lipinski definition) is 6. The maximum atomic E-state index is 11.5. The third-order valence-corrected chi connectivity index (χ3v) is 6.73. The summed E-state index contributed by atoms with van der Waals surface area (Å²) in [5.74, 6) is -0.0465. The molecule has 0 radical (unpaired) electrons. The molecule has 0 saturated carbocycles. The van der Waals surface area contributed by atoms with Gasteiger partial charge in [-0.05, 0) is 42.6 Å². The molecule has 2 aliphatic rings. The number of anilines is 1. The number of aliphatic hydroxyl groups is 2. The van der Waals surface area contributed by atoms with E-state index in [2.05, 4.69) is 17.1 Å². The summed E-state index contributed by atoms with van der Waals surface area (Å²) in [7, 11) is 0. The lowest BCUT2D eigenvalue weighted by Gasteiger charge is -2.43. The van der Waals surface area contributed by atoms with Crippen molar-refractivity contribution < 1.29 is 24.5 Å². The molecule has 1 amide bonds. The van der Waals surface area contributed by atoms with E-state index in [1.165, 1.54) is 6.92 Å². The number of amides is 1. The Kier molecular flexibility index (Phi) is 7.78. The number of benzene rings is 2. The minimum absolute atomic E-state index is 0.00314. The molecule has 3 N–H and O–H groups in total. The number of nitrogens with one attached hydrogen (secondary N) is 1. The summed E-state index contributed by atoms with van der Waals surface area (Å²) in [6.07, 6.45) is 1.21. The molecule has 2 aliphatic heterocycles. The minimum atomic E-state index is -0.586. The first-order valence-corrected chi connectivity index (χ1v) is 11.7. The first-order chi connectivity index (χ1) is 16.0. The largest absolute Gasteiger partial charge is 0.395 e. The Morgan fingerprint density at radius 3 is 2.61 bits per heavy atom. The summed E-state index contributed by atoms with van der Waals surface area (Å²) in [5.41, 5.74) is 3.44. The number of aliphatic hydroxyl groups excluding tert-OH is 2. The van der Waals surface area contributed by atoms with Gasteiger partial charge in [0.15, 0.2) is 6.29 Å². The van der Waals surface area contributed by atoms with Crippen molar-refractivity contribution in [1.29, 1.82) is 0 Å². The molecule has 4 rings (SSSR count). The summed E-state index contributed by atoms with van der Waals surface area (Å²) in [6, 6.07) is 15.6. The molecule has 178 valence electrons. The quantitative estimate of drug-likeness (QED) is 0.594. The zero-order valence-corrected chi connectivity index (χ0v) is 19.3. The highest BCUT2D eigenvalue weighted by atomic mass is 16.7. The molecule has 0 bridgehead atoms. The van der Waals surface area contributed by atoms with Crippen LogP contribution in [0.2, 0.25) is 0 Å². The highest BCUT2D eigenvalue weighted by molar-refractivity contribution is 5.88. The Morgan fingerprint density at radius 2 is 1.91 bits per heavy atom. The molecule has 33 heavy (non-hydrogen) atoms. The number of rotatable bonds is 7. The van der Waals surface area contributed by atoms with E-state index in [-0.39, 0.29) is 43.3 Å². The maximum Gasteiger partial charge on any atom is 0.221 e. The Morgan fingerprint density at radius 1 is 1.12 bits per heavy atom. The fourth-order valence-electron chi connectivity index (χ4n) is 4.87. The second-order valence-electron chi connectivity index (χ2n) is 9.10. The van der Waals surface area contributed by atoms with E-state index in [9.17, 15) is 15.0 Å². The van der Waals surface area contributed by atoms with Crippen LogP contribution in [0.4, 0.5) is 5.69 Å². The molecule has 5 unspecified atom stereocenters. The number of carbonyl (C=O) groups excluding carboxylic acids is 1. The zero-order valence-electron chi connectivity index (χ0n) is 19.3. The van der Waals surface area contributed by atoms with Crippen LogP contribution in [-0.4, -0.2) is 52.9 Å². The highest BCUT2D eigenvalue weighted by Gasteiger charge is 2.40. The maximum absolute atomic E-state index is 11.5. The zero-order chi connectivity index (χ0) is 23.4. The van der Waals surface area contributed by atoms with Gasteiger partial charge < -0.3 is 25.0 Å². The number of carbonyl (C=O) groups is 1. The molecule has 2 fully saturated rings. The van der Waals surface area contributed by atoms with Crippen LogP contribution < -0.4 is 5.32 Å². The van der Waals surface area contributed by atoms with E-state index < -0.39 is 6.29 Å². The molecule has 5 atom stereocenters. The van der Waals surface area contributed by atoms with E-state index >= 15 is 0 Å². The molecule has 2 saturated heterocycles. The lowest BCUT2D eigenvalue weighted by Crippen LogP contribution is -2.46. The lowest BCUT2D eigenvalue weighted by atomic mass is 9.90. The Balaban J connectivity index is 1.61. The third kappa shape index (κ3) is 5.62. The van der Waals surface area contributed by atoms with Crippen molar-refractivity contribution in [3.8, 4) is 0 Å². The van der Waals surface area contributed by atoms with Gasteiger partial charge >= 0.3 is 0 Å². The smallest absolute Gasteiger partial charge is 0.221 e. The van der Waals surface area contributed by atoms with Crippen molar-refractivity contribution in [2.24, 2.45) is 5.92 Å². The van der Waals surface area contributed by atoms with Crippen LogP contribution in [0.5, 0.6) is 0 Å². The number of hydrogen-bond donors (Lipinski definition) is 3. The molecular weight excluding hydrogens is 420 g/mol. The van der Waals surface area contributed by atoms with Crippen molar-refractivity contribution in [3.63, 3.8) is 0 Å². The van der Waals surface area contributed by atoms with Crippen molar-refractivity contribution in [2.45, 2.75) is 57.8 Å². The summed E-state index contributed by atoms with van der Waals surface area (Å²) >= 11 is 0. The predicted octanol–water partition coefficient (Wildman–Crippen LogP) is 3.39. The van der Waals surface area contributed by atoms with E-state index in [1.807, 2.05) is 48.5 Å². The summed E-state index contributed by atoms with van der Waals surface area (Å²) < 4.78 is 13.0. The first-order valence-electron chi connectivity index (χ1n) is 11.7. The van der Waals surface area contributed by atoms with Gasteiger partial charge in [-0.3, -0.25) is 9.69 Å². The summed E-state index contributed by atoms with van der Waals surface area (Å²) in [4.78, 5) is 13.8. The van der Waals surface area contributed by atoms with Gasteiger partial charge in [0.2, 0.25) is 5.91 Å². The molecule has 7 nitrogen and oxygen atoms in total.